The van der Waals surface area contributed by atoms with Gasteiger partial charge in [-0.05, 0) is 31.8 Å². The van der Waals surface area contributed by atoms with Gasteiger partial charge < -0.3 is 5.11 Å². The second-order valence-corrected chi connectivity index (χ2v) is 2.63. The molecule has 0 radical (unpaired) electrons. The number of hydrogen-bond acceptors (Lipinski definition) is 1. The van der Waals surface area contributed by atoms with Crippen LogP contribution in [0.15, 0.2) is 11.6 Å². The summed E-state index contributed by atoms with van der Waals surface area (Å²) in [7, 11) is 0. The van der Waals surface area contributed by atoms with Crippen molar-refractivity contribution in [1.82, 2.24) is 0 Å². The molecule has 0 spiro atoms. The van der Waals surface area contributed by atoms with Crippen molar-refractivity contribution in [2.45, 2.75) is 38.7 Å². The molecule has 0 saturated heterocycles. The van der Waals surface area contributed by atoms with Crippen LogP contribution in [0.2, 0.25) is 0 Å². The highest BCUT2D eigenvalue weighted by Crippen LogP contribution is 2.22. The lowest BCUT2D eigenvalue weighted by molar-refractivity contribution is 0.178. The van der Waals surface area contributed by atoms with E-state index in [1.165, 1.54) is 18.4 Å². The van der Waals surface area contributed by atoms with E-state index < -0.39 is 0 Å². The van der Waals surface area contributed by atoms with E-state index in [4.69, 9.17) is 0 Å². The lowest BCUT2D eigenvalue weighted by Crippen LogP contribution is -2.14. The highest BCUT2D eigenvalue weighted by molar-refractivity contribution is 5.08. The number of rotatable bonds is 0. The van der Waals surface area contributed by atoms with Crippen molar-refractivity contribution in [3.8, 4) is 0 Å². The molecule has 9 heavy (non-hydrogen) atoms. The Morgan fingerprint density at radius 3 is 2.78 bits per heavy atom. The maximum absolute atomic E-state index is 9.30. The van der Waals surface area contributed by atoms with Crippen LogP contribution >= 0.6 is 0 Å². The first-order valence-corrected chi connectivity index (χ1v) is 3.67. The predicted molar refractivity (Wildman–Crippen MR) is 38.2 cm³/mol. The van der Waals surface area contributed by atoms with Crippen molar-refractivity contribution in [2.75, 3.05) is 0 Å². The second-order valence-electron chi connectivity index (χ2n) is 2.63. The third kappa shape index (κ3) is 1.55. The molecule has 1 aliphatic carbocycles. The van der Waals surface area contributed by atoms with E-state index in [-0.39, 0.29) is 6.10 Å². The molecule has 0 aromatic carbocycles. The van der Waals surface area contributed by atoms with Gasteiger partial charge in [-0.25, -0.2) is 0 Å². The Morgan fingerprint density at radius 2 is 2.33 bits per heavy atom. The maximum Gasteiger partial charge on any atom is 0.0750 e. The maximum atomic E-state index is 9.30. The van der Waals surface area contributed by atoms with E-state index in [1.54, 1.807) is 0 Å². The fourth-order valence-corrected chi connectivity index (χ4v) is 1.36. The third-order valence-corrected chi connectivity index (χ3v) is 1.99. The molecule has 1 nitrogen and oxygen atoms in total. The summed E-state index contributed by atoms with van der Waals surface area (Å²) >= 11 is 0. The molecule has 52 valence electrons. The summed E-state index contributed by atoms with van der Waals surface area (Å²) in [5.74, 6) is 0. The van der Waals surface area contributed by atoms with Crippen LogP contribution in [0.5, 0.6) is 0 Å². The fourth-order valence-electron chi connectivity index (χ4n) is 1.36. The highest BCUT2D eigenvalue weighted by Gasteiger charge is 2.13. The number of aliphatic hydroxyl groups is 1. The largest absolute Gasteiger partial charge is 0.389 e. The van der Waals surface area contributed by atoms with Gasteiger partial charge in [-0.1, -0.05) is 12.5 Å². The average Bonchev–Trinajstić information content (AvgIpc) is 1.89. The summed E-state index contributed by atoms with van der Waals surface area (Å²) in [6.07, 6.45) is 6.46. The van der Waals surface area contributed by atoms with Crippen LogP contribution in [0.25, 0.3) is 0 Å². The van der Waals surface area contributed by atoms with Crippen molar-refractivity contribution in [2.24, 2.45) is 0 Å². The molecular formula is C8H14O. The molecule has 1 atom stereocenters. The fraction of sp³-hybridized carbons (Fsp3) is 0.750. The zero-order valence-corrected chi connectivity index (χ0v) is 5.93. The van der Waals surface area contributed by atoms with E-state index in [2.05, 4.69) is 0 Å². The van der Waals surface area contributed by atoms with Gasteiger partial charge in [0.15, 0.2) is 0 Å². The Kier molecular flexibility index (Phi) is 2.29. The Hall–Kier alpha value is -0.300. The van der Waals surface area contributed by atoms with Gasteiger partial charge in [-0.3, -0.25) is 0 Å². The zero-order chi connectivity index (χ0) is 6.69. The number of allylic oxidation sites excluding steroid dienone is 1. The first kappa shape index (κ1) is 6.81. The van der Waals surface area contributed by atoms with Crippen LogP contribution in [-0.4, -0.2) is 11.2 Å². The summed E-state index contributed by atoms with van der Waals surface area (Å²) in [5, 5.41) is 9.30. The van der Waals surface area contributed by atoms with Gasteiger partial charge in [-0.15, -0.1) is 0 Å². The molecule has 1 N–H and O–H groups in total. The molecule has 1 saturated carbocycles. The van der Waals surface area contributed by atoms with Gasteiger partial charge in [0.25, 0.3) is 0 Å². The zero-order valence-electron chi connectivity index (χ0n) is 5.93. The van der Waals surface area contributed by atoms with E-state index in [0.29, 0.717) is 0 Å². The number of hydrogen-bond donors (Lipinski definition) is 1. The first-order valence-electron chi connectivity index (χ1n) is 3.67. The summed E-state index contributed by atoms with van der Waals surface area (Å²) < 4.78 is 0. The summed E-state index contributed by atoms with van der Waals surface area (Å²) in [6.45, 7) is 2.00. The highest BCUT2D eigenvalue weighted by atomic mass is 16.3. The molecule has 1 fully saturated rings. The van der Waals surface area contributed by atoms with Gasteiger partial charge in [0.1, 0.15) is 0 Å². The minimum absolute atomic E-state index is 0.122. The second kappa shape index (κ2) is 3.02. The van der Waals surface area contributed by atoms with E-state index >= 15 is 0 Å². The monoisotopic (exact) mass is 126 g/mol. The minimum atomic E-state index is -0.122. The van der Waals surface area contributed by atoms with Crippen LogP contribution in [0.4, 0.5) is 0 Å². The molecule has 1 heteroatoms. The van der Waals surface area contributed by atoms with Crippen molar-refractivity contribution in [1.29, 1.82) is 0 Å². The first-order chi connectivity index (χ1) is 4.34. The topological polar surface area (TPSA) is 20.2 Å². The summed E-state index contributed by atoms with van der Waals surface area (Å²) in [5.41, 5.74) is 1.24. The molecule has 1 unspecified atom stereocenters. The Labute approximate surface area is 56.4 Å². The normalized spacial score (nSPS) is 33.1. The molecular weight excluding hydrogens is 112 g/mol. The van der Waals surface area contributed by atoms with Gasteiger partial charge >= 0.3 is 0 Å². The van der Waals surface area contributed by atoms with Crippen molar-refractivity contribution < 1.29 is 5.11 Å². The molecule has 0 aromatic heterocycles. The number of aliphatic hydroxyl groups excluding tert-OH is 1. The van der Waals surface area contributed by atoms with Crippen LogP contribution in [-0.2, 0) is 0 Å². The smallest absolute Gasteiger partial charge is 0.0750 e. The van der Waals surface area contributed by atoms with Gasteiger partial charge in [0.05, 0.1) is 6.10 Å². The van der Waals surface area contributed by atoms with Crippen LogP contribution in [0.3, 0.4) is 0 Å². The molecule has 1 rings (SSSR count). The SMILES string of the molecule is C/C=C1\CCCCC1O. The molecule has 1 aliphatic rings. The summed E-state index contributed by atoms with van der Waals surface area (Å²) in [4.78, 5) is 0. The summed E-state index contributed by atoms with van der Waals surface area (Å²) in [6, 6.07) is 0. The molecule has 0 aromatic rings. The molecule has 0 amide bonds. The molecule has 0 heterocycles. The van der Waals surface area contributed by atoms with Gasteiger partial charge in [0.2, 0.25) is 0 Å². The Morgan fingerprint density at radius 1 is 1.56 bits per heavy atom. The standard InChI is InChI=1S/C8H14O/c1-2-7-5-3-4-6-8(7)9/h2,8-9H,3-6H2,1H3/b7-2+. The van der Waals surface area contributed by atoms with E-state index in [1.807, 2.05) is 13.0 Å². The third-order valence-electron chi connectivity index (χ3n) is 1.99. The quantitative estimate of drug-likeness (QED) is 0.491. The predicted octanol–water partition coefficient (Wildman–Crippen LogP) is 1.87. The van der Waals surface area contributed by atoms with Gasteiger partial charge in [-0.2, -0.15) is 0 Å². The van der Waals surface area contributed by atoms with Crippen LogP contribution in [0.1, 0.15) is 32.6 Å². The minimum Gasteiger partial charge on any atom is -0.389 e. The average molecular weight is 126 g/mol. The lowest BCUT2D eigenvalue weighted by atomic mass is 9.92. The van der Waals surface area contributed by atoms with Gasteiger partial charge in [0, 0.05) is 0 Å². The van der Waals surface area contributed by atoms with Crippen molar-refractivity contribution >= 4 is 0 Å². The molecule has 0 bridgehead atoms. The van der Waals surface area contributed by atoms with Crippen LogP contribution in [0, 0.1) is 0 Å². The molecule has 0 aliphatic heterocycles. The van der Waals surface area contributed by atoms with E-state index in [0.717, 1.165) is 12.8 Å². The van der Waals surface area contributed by atoms with Crippen molar-refractivity contribution in [3.05, 3.63) is 11.6 Å². The Bertz CT molecular complexity index is 116. The van der Waals surface area contributed by atoms with Crippen molar-refractivity contribution in [3.63, 3.8) is 0 Å². The van der Waals surface area contributed by atoms with Crippen LogP contribution < -0.4 is 0 Å². The Balaban J connectivity index is 2.49. The van der Waals surface area contributed by atoms with E-state index in [9.17, 15) is 5.11 Å². The lowest BCUT2D eigenvalue weighted by Gasteiger charge is -2.19.